The number of nitro benzene ring substituents is 1. The minimum absolute atomic E-state index is 0.0473. The highest BCUT2D eigenvalue weighted by Crippen LogP contribution is 2.27. The van der Waals surface area contributed by atoms with Crippen LogP contribution in [0.15, 0.2) is 52.1 Å². The van der Waals surface area contributed by atoms with E-state index in [2.05, 4.69) is 15.0 Å². The second-order valence-corrected chi connectivity index (χ2v) is 9.37. The molecule has 3 aromatic rings. The van der Waals surface area contributed by atoms with Crippen LogP contribution in [-0.2, 0) is 21.2 Å². The Morgan fingerprint density at radius 1 is 1.17 bits per heavy atom. The third-order valence-electron chi connectivity index (χ3n) is 3.70. The van der Waals surface area contributed by atoms with Gasteiger partial charge in [0.15, 0.2) is 0 Å². The molecule has 0 aliphatic carbocycles. The van der Waals surface area contributed by atoms with Crippen LogP contribution in [0.5, 0.6) is 0 Å². The van der Waals surface area contributed by atoms with Crippen LogP contribution in [0, 0.1) is 10.1 Å². The van der Waals surface area contributed by atoms with E-state index in [0.717, 1.165) is 16.0 Å². The Bertz CT molecular complexity index is 1110. The molecule has 0 fully saturated rings. The van der Waals surface area contributed by atoms with Crippen LogP contribution in [0.25, 0.3) is 9.88 Å². The molecule has 0 unspecified atom stereocenters. The highest BCUT2D eigenvalue weighted by atomic mass is 32.2. The predicted octanol–water partition coefficient (Wildman–Crippen LogP) is 2.42. The number of nitrogens with zero attached hydrogens (tertiary/aromatic N) is 2. The first-order valence-electron chi connectivity index (χ1n) is 8.34. The largest absolute Gasteiger partial charge is 0.354 e. The molecule has 2 heterocycles. The third kappa shape index (κ3) is 5.67. The van der Waals surface area contributed by atoms with E-state index in [-0.39, 0.29) is 36.0 Å². The van der Waals surface area contributed by atoms with Crippen LogP contribution < -0.4 is 10.0 Å². The summed E-state index contributed by atoms with van der Waals surface area (Å²) in [5.74, 6) is -0.275. The molecule has 2 N–H and O–H groups in total. The maximum atomic E-state index is 12.2. The molecule has 0 radical (unpaired) electrons. The average Bonchev–Trinajstić information content (AvgIpc) is 3.37. The average molecular weight is 453 g/mol. The van der Waals surface area contributed by atoms with Gasteiger partial charge in [0, 0.05) is 30.6 Å². The molecule has 0 aliphatic heterocycles. The number of nitrogens with one attached hydrogen (secondary N) is 2. The molecule has 0 saturated heterocycles. The van der Waals surface area contributed by atoms with Gasteiger partial charge < -0.3 is 5.32 Å². The number of hydrogen-bond acceptors (Lipinski definition) is 8. The molecular formula is C17H16N4O5S3. The highest BCUT2D eigenvalue weighted by molar-refractivity contribution is 7.89. The monoisotopic (exact) mass is 452 g/mol. The molecular weight excluding hydrogens is 436 g/mol. The zero-order chi connectivity index (χ0) is 20.9. The Morgan fingerprint density at radius 3 is 2.72 bits per heavy atom. The van der Waals surface area contributed by atoms with Crippen molar-refractivity contribution in [2.75, 3.05) is 13.1 Å². The minimum atomic E-state index is -3.91. The van der Waals surface area contributed by atoms with Gasteiger partial charge in [0.25, 0.3) is 5.69 Å². The molecule has 12 heteroatoms. The van der Waals surface area contributed by atoms with Gasteiger partial charge in [0.1, 0.15) is 5.01 Å². The fraction of sp³-hybridized carbons (Fsp3) is 0.176. The maximum absolute atomic E-state index is 12.2. The van der Waals surface area contributed by atoms with Crippen molar-refractivity contribution in [2.45, 2.75) is 11.3 Å². The zero-order valence-corrected chi connectivity index (χ0v) is 17.4. The maximum Gasteiger partial charge on any atom is 0.270 e. The number of carbonyl (C=O) groups excluding carboxylic acids is 1. The zero-order valence-electron chi connectivity index (χ0n) is 14.9. The number of benzene rings is 1. The van der Waals surface area contributed by atoms with E-state index in [4.69, 9.17) is 0 Å². The van der Waals surface area contributed by atoms with E-state index in [1.54, 1.807) is 11.3 Å². The van der Waals surface area contributed by atoms with Gasteiger partial charge in [0.05, 0.1) is 26.8 Å². The van der Waals surface area contributed by atoms with Gasteiger partial charge >= 0.3 is 0 Å². The number of nitro groups is 1. The normalized spacial score (nSPS) is 11.3. The van der Waals surface area contributed by atoms with E-state index >= 15 is 0 Å². The van der Waals surface area contributed by atoms with E-state index in [9.17, 15) is 23.3 Å². The summed E-state index contributed by atoms with van der Waals surface area (Å²) >= 11 is 3.03. The minimum Gasteiger partial charge on any atom is -0.354 e. The van der Waals surface area contributed by atoms with Crippen molar-refractivity contribution in [1.29, 1.82) is 0 Å². The smallest absolute Gasteiger partial charge is 0.270 e. The first-order chi connectivity index (χ1) is 13.8. The summed E-state index contributed by atoms with van der Waals surface area (Å²) in [4.78, 5) is 27.4. The summed E-state index contributed by atoms with van der Waals surface area (Å²) in [6.45, 7) is 0.0309. The number of aromatic nitrogens is 1. The molecule has 3 rings (SSSR count). The molecule has 1 aromatic carbocycles. The summed E-state index contributed by atoms with van der Waals surface area (Å²) in [5, 5.41) is 18.0. The van der Waals surface area contributed by atoms with Crippen LogP contribution in [-0.4, -0.2) is 37.3 Å². The Balaban J connectivity index is 1.47. The van der Waals surface area contributed by atoms with Crippen LogP contribution in [0.1, 0.15) is 5.69 Å². The van der Waals surface area contributed by atoms with Crippen molar-refractivity contribution in [3.05, 3.63) is 63.0 Å². The summed E-state index contributed by atoms with van der Waals surface area (Å²) in [6, 6.07) is 8.65. The number of thiazole rings is 1. The standard InChI is InChI=1S/C17H16N4O5S3/c22-16(9-12-11-28-17(20-12)15-5-2-8-27-15)18-6-7-19-29(25,26)14-4-1-3-13(10-14)21(23)24/h1-5,8,10-11,19H,6-7,9H2,(H,18,22). The summed E-state index contributed by atoms with van der Waals surface area (Å²) in [6.07, 6.45) is 0.0967. The Hall–Kier alpha value is -2.67. The molecule has 1 amide bonds. The molecule has 0 atom stereocenters. The second-order valence-electron chi connectivity index (χ2n) is 5.80. The SMILES string of the molecule is O=C(Cc1csc(-c2cccs2)n1)NCCNS(=O)(=O)c1cccc([N+](=O)[O-])c1. The number of sulfonamides is 1. The molecule has 0 saturated carbocycles. The van der Waals surface area contributed by atoms with Gasteiger partial charge in [0.2, 0.25) is 15.9 Å². The lowest BCUT2D eigenvalue weighted by atomic mass is 10.3. The van der Waals surface area contributed by atoms with Gasteiger partial charge in [-0.15, -0.1) is 22.7 Å². The number of carbonyl (C=O) groups is 1. The summed E-state index contributed by atoms with van der Waals surface area (Å²) < 4.78 is 26.7. The Morgan fingerprint density at radius 2 is 2.00 bits per heavy atom. The number of thiophene rings is 1. The number of amides is 1. The highest BCUT2D eigenvalue weighted by Gasteiger charge is 2.17. The topological polar surface area (TPSA) is 131 Å². The molecule has 0 spiro atoms. The van der Waals surface area contributed by atoms with Gasteiger partial charge in [-0.2, -0.15) is 0 Å². The summed E-state index contributed by atoms with van der Waals surface area (Å²) in [5.41, 5.74) is 0.333. The number of non-ortho nitro benzene ring substituents is 1. The van der Waals surface area contributed by atoms with Gasteiger partial charge in [-0.25, -0.2) is 18.1 Å². The van der Waals surface area contributed by atoms with E-state index in [1.165, 1.54) is 29.5 Å². The predicted molar refractivity (Wildman–Crippen MR) is 110 cm³/mol. The van der Waals surface area contributed by atoms with Crippen molar-refractivity contribution < 1.29 is 18.1 Å². The Kier molecular flexibility index (Phi) is 6.69. The van der Waals surface area contributed by atoms with Crippen LogP contribution in [0.3, 0.4) is 0 Å². The van der Waals surface area contributed by atoms with Crippen molar-refractivity contribution in [2.24, 2.45) is 0 Å². The number of hydrogen-bond donors (Lipinski definition) is 2. The molecule has 9 nitrogen and oxygen atoms in total. The fourth-order valence-corrected chi connectivity index (χ4v) is 5.07. The first-order valence-corrected chi connectivity index (χ1v) is 11.6. The molecule has 29 heavy (non-hydrogen) atoms. The number of rotatable bonds is 9. The third-order valence-corrected chi connectivity index (χ3v) is 7.09. The first kappa shape index (κ1) is 21.0. The molecule has 0 bridgehead atoms. The van der Waals surface area contributed by atoms with Gasteiger partial charge in [-0.05, 0) is 17.5 Å². The van der Waals surface area contributed by atoms with Gasteiger partial charge in [-0.1, -0.05) is 12.1 Å². The van der Waals surface area contributed by atoms with Crippen LogP contribution >= 0.6 is 22.7 Å². The fourth-order valence-electron chi connectivity index (χ4n) is 2.36. The lowest BCUT2D eigenvalue weighted by Gasteiger charge is -2.07. The van der Waals surface area contributed by atoms with Crippen molar-refractivity contribution >= 4 is 44.3 Å². The van der Waals surface area contributed by atoms with Gasteiger partial charge in [-0.3, -0.25) is 14.9 Å². The van der Waals surface area contributed by atoms with E-state index in [0.29, 0.717) is 5.69 Å². The quantitative estimate of drug-likeness (QED) is 0.291. The Labute approximate surface area is 174 Å². The van der Waals surface area contributed by atoms with Crippen LogP contribution in [0.2, 0.25) is 0 Å². The van der Waals surface area contributed by atoms with Crippen LogP contribution in [0.4, 0.5) is 5.69 Å². The lowest BCUT2D eigenvalue weighted by molar-refractivity contribution is -0.385. The van der Waals surface area contributed by atoms with E-state index in [1.807, 2.05) is 22.9 Å². The lowest BCUT2D eigenvalue weighted by Crippen LogP contribution is -2.35. The molecule has 2 aromatic heterocycles. The summed E-state index contributed by atoms with van der Waals surface area (Å²) in [7, 11) is -3.91. The molecule has 0 aliphatic rings. The van der Waals surface area contributed by atoms with Crippen molar-refractivity contribution in [3.63, 3.8) is 0 Å². The second kappa shape index (κ2) is 9.22. The van der Waals surface area contributed by atoms with Crippen molar-refractivity contribution in [3.8, 4) is 9.88 Å². The molecule has 152 valence electrons. The van der Waals surface area contributed by atoms with E-state index < -0.39 is 14.9 Å². The van der Waals surface area contributed by atoms with Crippen molar-refractivity contribution in [1.82, 2.24) is 15.0 Å².